The second kappa shape index (κ2) is 9.49. The minimum atomic E-state index is -0.332. The Hall–Kier alpha value is -3.35. The highest BCUT2D eigenvalue weighted by molar-refractivity contribution is 5.84. The van der Waals surface area contributed by atoms with Crippen LogP contribution in [0.15, 0.2) is 36.4 Å². The Morgan fingerprint density at radius 2 is 1.50 bits per heavy atom. The van der Waals surface area contributed by atoms with E-state index in [9.17, 15) is 14.7 Å². The number of carbonyl (C=O) groups is 2. The molecule has 2 aromatic carbocycles. The van der Waals surface area contributed by atoms with E-state index in [1.54, 1.807) is 0 Å². The molecule has 0 atom stereocenters. The van der Waals surface area contributed by atoms with Crippen molar-refractivity contribution in [3.8, 4) is 5.75 Å². The quantitative estimate of drug-likeness (QED) is 0.493. The Kier molecular flexibility index (Phi) is 7.05. The molecule has 1 aromatic heterocycles. The summed E-state index contributed by atoms with van der Waals surface area (Å²) in [7, 11) is 1.87. The maximum absolute atomic E-state index is 12.4. The lowest BCUT2D eigenvalue weighted by molar-refractivity contribution is -0.128. The van der Waals surface area contributed by atoms with Crippen LogP contribution >= 0.6 is 0 Å². The van der Waals surface area contributed by atoms with Crippen LogP contribution in [0.1, 0.15) is 70.5 Å². The zero-order valence-electron chi connectivity index (χ0n) is 21.2. The summed E-state index contributed by atoms with van der Waals surface area (Å²) in [6, 6.07) is 11.6. The van der Waals surface area contributed by atoms with Crippen molar-refractivity contribution in [1.29, 1.82) is 0 Å². The first-order valence-electron chi connectivity index (χ1n) is 11.6. The first kappa shape index (κ1) is 25.3. The molecule has 3 rings (SSSR count). The molecule has 0 saturated heterocycles. The number of para-hydroxylation sites is 2. The van der Waals surface area contributed by atoms with E-state index in [0.29, 0.717) is 18.0 Å². The van der Waals surface area contributed by atoms with E-state index in [-0.39, 0.29) is 35.5 Å². The molecule has 3 N–H and O–H groups in total. The number of aromatic hydroxyl groups is 1. The number of hydrazine groups is 1. The van der Waals surface area contributed by atoms with E-state index in [0.717, 1.165) is 27.7 Å². The zero-order valence-corrected chi connectivity index (χ0v) is 21.2. The van der Waals surface area contributed by atoms with E-state index in [1.165, 1.54) is 0 Å². The van der Waals surface area contributed by atoms with Gasteiger partial charge in [-0.05, 0) is 46.1 Å². The molecule has 0 radical (unpaired) electrons. The van der Waals surface area contributed by atoms with Crippen molar-refractivity contribution in [2.24, 2.45) is 7.05 Å². The van der Waals surface area contributed by atoms with Crippen molar-refractivity contribution in [1.82, 2.24) is 20.4 Å². The van der Waals surface area contributed by atoms with Crippen LogP contribution in [0.25, 0.3) is 11.0 Å². The summed E-state index contributed by atoms with van der Waals surface area (Å²) in [5.74, 6) is 0.339. The summed E-state index contributed by atoms with van der Waals surface area (Å²) in [4.78, 5) is 29.3. The van der Waals surface area contributed by atoms with E-state index in [1.807, 2.05) is 48.0 Å². The third-order valence-corrected chi connectivity index (χ3v) is 5.97. The van der Waals surface area contributed by atoms with Gasteiger partial charge in [-0.1, -0.05) is 65.8 Å². The molecule has 0 bridgehead atoms. The second-order valence-corrected chi connectivity index (χ2v) is 10.9. The lowest BCUT2D eigenvalue weighted by Gasteiger charge is -2.28. The number of amides is 2. The van der Waals surface area contributed by atoms with Crippen LogP contribution in [0.4, 0.5) is 0 Å². The Morgan fingerprint density at radius 3 is 2.06 bits per heavy atom. The molecule has 0 aliphatic heterocycles. The fourth-order valence-electron chi connectivity index (χ4n) is 3.98. The van der Waals surface area contributed by atoms with Gasteiger partial charge in [0.05, 0.1) is 17.5 Å². The number of rotatable bonds is 5. The fraction of sp³-hybridized carbons (Fsp3) is 0.444. The third kappa shape index (κ3) is 5.76. The molecule has 3 aromatic rings. The summed E-state index contributed by atoms with van der Waals surface area (Å²) in [6.07, 6.45) is 0.775. The third-order valence-electron chi connectivity index (χ3n) is 5.97. The molecule has 34 heavy (non-hydrogen) atoms. The SMILES string of the molecule is Cn1c(CC(=O)NNC(=O)CCc2cc(C(C)(C)C)c(O)c(C(C)(C)C)c2)nc2ccccc21. The first-order chi connectivity index (χ1) is 15.8. The smallest absolute Gasteiger partial charge is 0.245 e. The minimum Gasteiger partial charge on any atom is -0.507 e. The van der Waals surface area contributed by atoms with Crippen LogP contribution in [-0.4, -0.2) is 26.5 Å². The predicted octanol–water partition coefficient (Wildman–Crippen LogP) is 4.20. The van der Waals surface area contributed by atoms with Gasteiger partial charge in [0.2, 0.25) is 11.8 Å². The molecule has 182 valence electrons. The van der Waals surface area contributed by atoms with E-state index >= 15 is 0 Å². The van der Waals surface area contributed by atoms with Crippen LogP contribution in [0, 0.1) is 0 Å². The Morgan fingerprint density at radius 1 is 0.941 bits per heavy atom. The molecule has 0 saturated carbocycles. The maximum Gasteiger partial charge on any atom is 0.245 e. The Bertz CT molecular complexity index is 1180. The second-order valence-electron chi connectivity index (χ2n) is 10.9. The average molecular weight is 465 g/mol. The molecular formula is C27H36N4O3. The number of imidazole rings is 1. The van der Waals surface area contributed by atoms with Crippen LogP contribution in [-0.2, 0) is 40.3 Å². The number of nitrogens with one attached hydrogen (secondary N) is 2. The van der Waals surface area contributed by atoms with Crippen LogP contribution in [0.3, 0.4) is 0 Å². The highest BCUT2D eigenvalue weighted by Gasteiger charge is 2.26. The summed E-state index contributed by atoms with van der Waals surface area (Å²) < 4.78 is 1.88. The van der Waals surface area contributed by atoms with Crippen molar-refractivity contribution < 1.29 is 14.7 Å². The molecule has 0 aliphatic carbocycles. The van der Waals surface area contributed by atoms with Crippen molar-refractivity contribution in [2.45, 2.75) is 71.6 Å². The number of carbonyl (C=O) groups excluding carboxylic acids is 2. The van der Waals surface area contributed by atoms with E-state index in [2.05, 4.69) is 57.4 Å². The van der Waals surface area contributed by atoms with Crippen LogP contribution < -0.4 is 10.9 Å². The van der Waals surface area contributed by atoms with Crippen molar-refractivity contribution >= 4 is 22.8 Å². The maximum atomic E-state index is 12.4. The van der Waals surface area contributed by atoms with Gasteiger partial charge >= 0.3 is 0 Å². The van der Waals surface area contributed by atoms with Gasteiger partial charge < -0.3 is 9.67 Å². The van der Waals surface area contributed by atoms with Crippen LogP contribution in [0.5, 0.6) is 5.75 Å². The summed E-state index contributed by atoms with van der Waals surface area (Å²) >= 11 is 0. The summed E-state index contributed by atoms with van der Waals surface area (Å²) in [6.45, 7) is 12.4. The number of phenols is 1. The fourth-order valence-corrected chi connectivity index (χ4v) is 3.98. The highest BCUT2D eigenvalue weighted by atomic mass is 16.3. The zero-order chi connectivity index (χ0) is 25.3. The number of aryl methyl sites for hydroxylation is 2. The van der Waals surface area contributed by atoms with Gasteiger partial charge in [0, 0.05) is 13.5 Å². The molecule has 7 heteroatoms. The Balaban J connectivity index is 1.61. The highest BCUT2D eigenvalue weighted by Crippen LogP contribution is 2.39. The van der Waals surface area contributed by atoms with E-state index in [4.69, 9.17) is 0 Å². The molecule has 0 spiro atoms. The number of fused-ring (bicyclic) bond motifs is 1. The van der Waals surface area contributed by atoms with Gasteiger partial charge in [0.1, 0.15) is 11.6 Å². The lowest BCUT2D eigenvalue weighted by Crippen LogP contribution is -2.42. The standard InChI is InChI=1S/C27H36N4O3/c1-26(2,3)18-14-17(15-19(25(18)34)27(4,5)6)12-13-23(32)29-30-24(33)16-22-28-20-10-8-9-11-21(20)31(22)7/h8-11,14-15,34H,12-13,16H2,1-7H3,(H,29,32)(H,30,33). The molecule has 0 aliphatic rings. The van der Waals surface area contributed by atoms with Crippen LogP contribution in [0.2, 0.25) is 0 Å². The van der Waals surface area contributed by atoms with Gasteiger partial charge in [-0.2, -0.15) is 0 Å². The van der Waals surface area contributed by atoms with Crippen molar-refractivity contribution in [3.63, 3.8) is 0 Å². The number of benzene rings is 2. The number of phenolic OH excluding ortho intramolecular Hbond substituents is 1. The summed E-state index contributed by atoms with van der Waals surface area (Å²) in [5.41, 5.74) is 9.02. The van der Waals surface area contributed by atoms with Gasteiger partial charge in [0.15, 0.2) is 0 Å². The lowest BCUT2D eigenvalue weighted by atomic mass is 9.78. The average Bonchev–Trinajstić information content (AvgIpc) is 3.05. The van der Waals surface area contributed by atoms with Gasteiger partial charge in [-0.25, -0.2) is 4.98 Å². The largest absolute Gasteiger partial charge is 0.507 e. The number of hydrogen-bond acceptors (Lipinski definition) is 4. The predicted molar refractivity (Wildman–Crippen MR) is 135 cm³/mol. The van der Waals surface area contributed by atoms with E-state index < -0.39 is 0 Å². The molecule has 7 nitrogen and oxygen atoms in total. The van der Waals surface area contributed by atoms with Gasteiger partial charge in [-0.15, -0.1) is 0 Å². The molecule has 0 fully saturated rings. The normalized spacial score (nSPS) is 12.1. The minimum absolute atomic E-state index is 0.0628. The van der Waals surface area contributed by atoms with Gasteiger partial charge in [-0.3, -0.25) is 20.4 Å². The van der Waals surface area contributed by atoms with Crippen molar-refractivity contribution in [3.05, 3.63) is 58.9 Å². The number of aromatic nitrogens is 2. The first-order valence-corrected chi connectivity index (χ1v) is 11.6. The van der Waals surface area contributed by atoms with Gasteiger partial charge in [0.25, 0.3) is 0 Å². The topological polar surface area (TPSA) is 96.2 Å². The summed E-state index contributed by atoms with van der Waals surface area (Å²) in [5, 5.41) is 10.9. The number of hydrogen-bond donors (Lipinski definition) is 3. The molecule has 1 heterocycles. The molecular weight excluding hydrogens is 428 g/mol. The molecule has 0 unspecified atom stereocenters. The number of nitrogens with zero attached hydrogens (tertiary/aromatic N) is 2. The van der Waals surface area contributed by atoms with Crippen molar-refractivity contribution in [2.75, 3.05) is 0 Å². The monoisotopic (exact) mass is 464 g/mol. The molecule has 2 amide bonds. The Labute approximate surface area is 201 Å².